The lowest BCUT2D eigenvalue weighted by atomic mass is 10.1. The Hall–Kier alpha value is -0.330. The van der Waals surface area contributed by atoms with Gasteiger partial charge in [-0.3, -0.25) is 0 Å². The molecule has 0 rings (SSSR count). The molecule has 0 amide bonds. The van der Waals surface area contributed by atoms with E-state index in [0.29, 0.717) is 0 Å². The molecule has 1 atom stereocenters. The van der Waals surface area contributed by atoms with Gasteiger partial charge in [0.2, 0.25) is 0 Å². The first-order chi connectivity index (χ1) is 2.81. The van der Waals surface area contributed by atoms with Crippen molar-refractivity contribution < 1.29 is 0 Å². The Morgan fingerprint density at radius 1 is 2.00 bits per heavy atom. The molecule has 0 spiro atoms. The zero-order valence-electron chi connectivity index (χ0n) is 4.07. The summed E-state index contributed by atoms with van der Waals surface area (Å²) in [5.74, 6) is 0.227. The Kier molecular flexibility index (Phi) is 2.73. The number of nitrogens with one attached hydrogen (secondary N) is 1. The lowest BCUT2D eigenvalue weighted by Gasteiger charge is -1.92. The second-order valence-corrected chi connectivity index (χ2v) is 1.33. The minimum absolute atomic E-state index is 0.227. The number of hydrogen-bond donors (Lipinski definition) is 1. The molecule has 0 saturated carbocycles. The van der Waals surface area contributed by atoms with Gasteiger partial charge in [-0.2, -0.15) is 0 Å². The standard InChI is InChI=1S/C5H10N/c1-3-5(2)4-6/h4-6H,2-3H2,1H3/t5-/m0/s1. The normalized spacial score (nSPS) is 13.7. The molecular weight excluding hydrogens is 74.1 g/mol. The van der Waals surface area contributed by atoms with E-state index in [1.54, 1.807) is 0 Å². The van der Waals surface area contributed by atoms with Crippen LogP contribution in [0.15, 0.2) is 0 Å². The Morgan fingerprint density at radius 2 is 2.50 bits per heavy atom. The Labute approximate surface area is 38.9 Å². The molecule has 0 unspecified atom stereocenters. The van der Waals surface area contributed by atoms with Gasteiger partial charge in [0.15, 0.2) is 0 Å². The number of rotatable bonds is 2. The van der Waals surface area contributed by atoms with Crippen LogP contribution in [0, 0.1) is 18.3 Å². The quantitative estimate of drug-likeness (QED) is 0.490. The van der Waals surface area contributed by atoms with Crippen LogP contribution in [0.2, 0.25) is 0 Å². The van der Waals surface area contributed by atoms with E-state index in [0.717, 1.165) is 6.42 Å². The first-order valence-corrected chi connectivity index (χ1v) is 2.15. The molecule has 0 saturated heterocycles. The molecule has 1 heteroatoms. The molecule has 0 heterocycles. The van der Waals surface area contributed by atoms with Crippen LogP contribution in [0.25, 0.3) is 0 Å². The van der Waals surface area contributed by atoms with Gasteiger partial charge in [0.05, 0.1) is 0 Å². The molecule has 1 N–H and O–H groups in total. The molecular formula is C5H10N. The first kappa shape index (κ1) is 5.67. The van der Waals surface area contributed by atoms with E-state index in [1.165, 1.54) is 6.21 Å². The third-order valence-corrected chi connectivity index (χ3v) is 0.760. The molecule has 35 valence electrons. The molecule has 0 aromatic heterocycles. The van der Waals surface area contributed by atoms with Crippen LogP contribution in [0.4, 0.5) is 0 Å². The molecule has 0 aliphatic carbocycles. The Balaban J connectivity index is 2.96. The summed E-state index contributed by atoms with van der Waals surface area (Å²) >= 11 is 0. The molecule has 0 aromatic carbocycles. The molecule has 0 aromatic rings. The minimum Gasteiger partial charge on any atom is -0.313 e. The zero-order chi connectivity index (χ0) is 4.99. The third kappa shape index (κ3) is 1.94. The highest BCUT2D eigenvalue weighted by atomic mass is 14.3. The summed E-state index contributed by atoms with van der Waals surface area (Å²) in [6.45, 7) is 5.65. The van der Waals surface area contributed by atoms with Crippen LogP contribution in [-0.2, 0) is 0 Å². The van der Waals surface area contributed by atoms with Crippen LogP contribution in [0.1, 0.15) is 13.3 Å². The van der Waals surface area contributed by atoms with E-state index in [9.17, 15) is 0 Å². The van der Waals surface area contributed by atoms with Gasteiger partial charge in [-0.25, -0.2) is 0 Å². The largest absolute Gasteiger partial charge is 0.313 e. The SMILES string of the molecule is [CH2][C@H](C=N)CC. The predicted molar refractivity (Wildman–Crippen MR) is 27.9 cm³/mol. The summed E-state index contributed by atoms with van der Waals surface area (Å²) in [7, 11) is 0. The summed E-state index contributed by atoms with van der Waals surface area (Å²) in [6, 6.07) is 0. The van der Waals surface area contributed by atoms with E-state index < -0.39 is 0 Å². The molecule has 0 aliphatic heterocycles. The molecule has 0 bridgehead atoms. The van der Waals surface area contributed by atoms with E-state index in [4.69, 9.17) is 5.41 Å². The first-order valence-electron chi connectivity index (χ1n) is 2.15. The summed E-state index contributed by atoms with van der Waals surface area (Å²) in [5, 5.41) is 6.62. The van der Waals surface area contributed by atoms with Crippen molar-refractivity contribution in [3.05, 3.63) is 6.92 Å². The van der Waals surface area contributed by atoms with Crippen LogP contribution in [0.3, 0.4) is 0 Å². The van der Waals surface area contributed by atoms with Crippen molar-refractivity contribution in [1.82, 2.24) is 0 Å². The fraction of sp³-hybridized carbons (Fsp3) is 0.600. The van der Waals surface area contributed by atoms with Crippen molar-refractivity contribution >= 4 is 6.21 Å². The lowest BCUT2D eigenvalue weighted by molar-refractivity contribution is 0.824. The summed E-state index contributed by atoms with van der Waals surface area (Å²) in [4.78, 5) is 0. The maximum absolute atomic E-state index is 6.62. The van der Waals surface area contributed by atoms with Crippen LogP contribution < -0.4 is 0 Å². The van der Waals surface area contributed by atoms with Gasteiger partial charge in [-0.1, -0.05) is 6.92 Å². The average Bonchev–Trinajstić information content (AvgIpc) is 1.65. The maximum atomic E-state index is 6.62. The van der Waals surface area contributed by atoms with Gasteiger partial charge in [-0.15, -0.1) is 0 Å². The third-order valence-electron chi connectivity index (χ3n) is 0.760. The second-order valence-electron chi connectivity index (χ2n) is 1.33. The molecule has 0 fully saturated rings. The monoisotopic (exact) mass is 84.1 g/mol. The van der Waals surface area contributed by atoms with Gasteiger partial charge >= 0.3 is 0 Å². The topological polar surface area (TPSA) is 23.9 Å². The molecule has 0 aliphatic rings. The summed E-state index contributed by atoms with van der Waals surface area (Å²) in [5.41, 5.74) is 0. The van der Waals surface area contributed by atoms with Crippen molar-refractivity contribution in [2.24, 2.45) is 5.92 Å². The Bertz CT molecular complexity index is 41.2. The van der Waals surface area contributed by atoms with Crippen LogP contribution >= 0.6 is 0 Å². The molecule has 1 nitrogen and oxygen atoms in total. The van der Waals surface area contributed by atoms with Crippen molar-refractivity contribution in [3.63, 3.8) is 0 Å². The zero-order valence-corrected chi connectivity index (χ0v) is 4.07. The van der Waals surface area contributed by atoms with E-state index in [1.807, 2.05) is 6.92 Å². The van der Waals surface area contributed by atoms with Crippen LogP contribution in [0.5, 0.6) is 0 Å². The van der Waals surface area contributed by atoms with Gasteiger partial charge < -0.3 is 5.41 Å². The highest BCUT2D eigenvalue weighted by molar-refractivity contribution is 5.57. The molecule has 1 radical (unpaired) electrons. The Morgan fingerprint density at radius 3 is 2.50 bits per heavy atom. The highest BCUT2D eigenvalue weighted by Gasteiger charge is 1.86. The van der Waals surface area contributed by atoms with Crippen molar-refractivity contribution in [3.8, 4) is 0 Å². The lowest BCUT2D eigenvalue weighted by Crippen LogP contribution is -1.89. The summed E-state index contributed by atoms with van der Waals surface area (Å²) < 4.78 is 0. The summed E-state index contributed by atoms with van der Waals surface area (Å²) in [6.07, 6.45) is 2.34. The number of hydrogen-bond acceptors (Lipinski definition) is 1. The average molecular weight is 84.1 g/mol. The smallest absolute Gasteiger partial charge is 0.00168 e. The predicted octanol–water partition coefficient (Wildman–Crippen LogP) is 1.50. The maximum Gasteiger partial charge on any atom is -0.00168 e. The van der Waals surface area contributed by atoms with E-state index in [-0.39, 0.29) is 5.92 Å². The fourth-order valence-electron chi connectivity index (χ4n) is 0.118. The fourth-order valence-corrected chi connectivity index (χ4v) is 0.118. The minimum atomic E-state index is 0.227. The molecule has 6 heavy (non-hydrogen) atoms. The van der Waals surface area contributed by atoms with E-state index in [2.05, 4.69) is 6.92 Å². The van der Waals surface area contributed by atoms with Gasteiger partial charge in [0, 0.05) is 0 Å². The van der Waals surface area contributed by atoms with Crippen molar-refractivity contribution in [2.45, 2.75) is 13.3 Å². The highest BCUT2D eigenvalue weighted by Crippen LogP contribution is 1.91. The van der Waals surface area contributed by atoms with Gasteiger partial charge in [-0.05, 0) is 25.5 Å². The van der Waals surface area contributed by atoms with E-state index >= 15 is 0 Å². The van der Waals surface area contributed by atoms with Crippen molar-refractivity contribution in [1.29, 1.82) is 5.41 Å². The van der Waals surface area contributed by atoms with Crippen molar-refractivity contribution in [2.75, 3.05) is 0 Å². The van der Waals surface area contributed by atoms with Crippen LogP contribution in [-0.4, -0.2) is 6.21 Å². The second kappa shape index (κ2) is 2.88. The van der Waals surface area contributed by atoms with Gasteiger partial charge in [0.1, 0.15) is 0 Å². The van der Waals surface area contributed by atoms with Gasteiger partial charge in [0.25, 0.3) is 0 Å².